The van der Waals surface area contributed by atoms with Gasteiger partial charge in [0, 0.05) is 43.9 Å². The zero-order chi connectivity index (χ0) is 17.9. The van der Waals surface area contributed by atoms with Gasteiger partial charge in [-0.3, -0.25) is 0 Å². The van der Waals surface area contributed by atoms with E-state index >= 15 is 4.39 Å². The van der Waals surface area contributed by atoms with E-state index in [2.05, 4.69) is 26.3 Å². The Morgan fingerprint density at radius 3 is 2.72 bits per heavy atom. The molecule has 0 aromatic carbocycles. The van der Waals surface area contributed by atoms with E-state index < -0.39 is 5.67 Å². The molecule has 0 radical (unpaired) electrons. The molecule has 0 amide bonds. The molecule has 3 rings (SSSR count). The number of aromatic nitrogens is 3. The minimum atomic E-state index is -1.28. The van der Waals surface area contributed by atoms with Crippen LogP contribution in [-0.4, -0.2) is 40.3 Å². The monoisotopic (exact) mass is 340 g/mol. The first-order valence-electron chi connectivity index (χ1n) is 8.34. The first kappa shape index (κ1) is 17.1. The van der Waals surface area contributed by atoms with E-state index in [-0.39, 0.29) is 6.54 Å². The van der Waals surface area contributed by atoms with Crippen molar-refractivity contribution >= 4 is 11.6 Å². The lowest BCUT2D eigenvalue weighted by Crippen LogP contribution is -2.45. The zero-order valence-electron chi connectivity index (χ0n) is 14.5. The summed E-state index contributed by atoms with van der Waals surface area (Å²) in [5.74, 6) is 2.07. The Labute approximate surface area is 146 Å². The molecule has 0 aliphatic carbocycles. The molecule has 1 aliphatic rings. The number of halogens is 1. The molecule has 2 aromatic rings. The number of anilines is 2. The Hall–Kier alpha value is -2.75. The second-order valence-electron chi connectivity index (χ2n) is 6.45. The summed E-state index contributed by atoms with van der Waals surface area (Å²) >= 11 is 0. The highest BCUT2D eigenvalue weighted by Crippen LogP contribution is 2.29. The fraction of sp³-hybridized carbons (Fsp3) is 0.444. The number of rotatable bonds is 4. The van der Waals surface area contributed by atoms with Gasteiger partial charge in [-0.25, -0.2) is 19.3 Å². The van der Waals surface area contributed by atoms with Gasteiger partial charge in [-0.1, -0.05) is 0 Å². The molecule has 0 bridgehead atoms. The summed E-state index contributed by atoms with van der Waals surface area (Å²) in [6.07, 6.45) is 2.43. The molecule has 3 heterocycles. The van der Waals surface area contributed by atoms with Crippen molar-refractivity contribution < 1.29 is 4.39 Å². The minimum Gasteiger partial charge on any atom is -0.367 e. The number of alkyl halides is 1. The number of pyridine rings is 1. The van der Waals surface area contributed by atoms with Gasteiger partial charge in [0.05, 0.1) is 18.2 Å². The van der Waals surface area contributed by atoms with Gasteiger partial charge in [0.25, 0.3) is 0 Å². The molecular weight excluding hydrogens is 319 g/mol. The number of hydrogen-bond acceptors (Lipinski definition) is 6. The molecule has 0 saturated carbocycles. The van der Waals surface area contributed by atoms with Crippen LogP contribution in [0.15, 0.2) is 24.4 Å². The van der Waals surface area contributed by atoms with Crippen molar-refractivity contribution in [1.29, 1.82) is 5.26 Å². The second kappa shape index (κ2) is 7.01. The molecule has 1 saturated heterocycles. The van der Waals surface area contributed by atoms with E-state index in [0.29, 0.717) is 43.1 Å². The van der Waals surface area contributed by atoms with Crippen LogP contribution in [0.4, 0.5) is 16.0 Å². The molecule has 6 nitrogen and oxygen atoms in total. The van der Waals surface area contributed by atoms with E-state index in [1.54, 1.807) is 18.3 Å². The Morgan fingerprint density at radius 2 is 2.04 bits per heavy atom. The van der Waals surface area contributed by atoms with Crippen LogP contribution in [0, 0.1) is 25.2 Å². The summed E-state index contributed by atoms with van der Waals surface area (Å²) in [4.78, 5) is 14.8. The van der Waals surface area contributed by atoms with Crippen molar-refractivity contribution in [2.24, 2.45) is 0 Å². The summed E-state index contributed by atoms with van der Waals surface area (Å²) in [5.41, 5.74) is 0.148. The predicted octanol–water partition coefficient (Wildman–Crippen LogP) is 2.78. The van der Waals surface area contributed by atoms with Crippen LogP contribution in [0.3, 0.4) is 0 Å². The highest BCUT2D eigenvalue weighted by Gasteiger charge is 2.35. The van der Waals surface area contributed by atoms with E-state index in [9.17, 15) is 0 Å². The summed E-state index contributed by atoms with van der Waals surface area (Å²) < 4.78 is 15.1. The third-order valence-corrected chi connectivity index (χ3v) is 4.41. The number of aryl methyl sites for hydroxylation is 2. The second-order valence-corrected chi connectivity index (χ2v) is 6.45. The maximum atomic E-state index is 15.1. The van der Waals surface area contributed by atoms with Crippen LogP contribution in [0.2, 0.25) is 0 Å². The third kappa shape index (κ3) is 4.21. The smallest absolute Gasteiger partial charge is 0.131 e. The van der Waals surface area contributed by atoms with Gasteiger partial charge in [0.15, 0.2) is 0 Å². The average molecular weight is 340 g/mol. The van der Waals surface area contributed by atoms with Crippen LogP contribution in [0.25, 0.3) is 0 Å². The van der Waals surface area contributed by atoms with Crippen molar-refractivity contribution in [1.82, 2.24) is 15.0 Å². The highest BCUT2D eigenvalue weighted by molar-refractivity contribution is 5.45. The number of nitrogens with one attached hydrogen (secondary N) is 1. The van der Waals surface area contributed by atoms with E-state index in [4.69, 9.17) is 5.26 Å². The van der Waals surface area contributed by atoms with Crippen LogP contribution in [0.1, 0.15) is 29.9 Å². The molecule has 25 heavy (non-hydrogen) atoms. The average Bonchev–Trinajstić information content (AvgIpc) is 2.60. The normalized spacial score (nSPS) is 16.3. The SMILES string of the molecule is Cc1cc(NCC2(F)CCN(c3cc(C#N)ccn3)CC2)nc(C)n1. The number of nitrogens with zero attached hydrogens (tertiary/aromatic N) is 5. The molecule has 0 atom stereocenters. The van der Waals surface area contributed by atoms with Gasteiger partial charge in [-0.15, -0.1) is 0 Å². The standard InChI is InChI=1S/C18H21FN6/c1-13-9-16(24-14(2)23-13)22-12-18(19)4-7-25(8-5-18)17-10-15(11-20)3-6-21-17/h3,6,9-10H,4-5,7-8,12H2,1-2H3,(H,22,23,24). The molecule has 1 fully saturated rings. The van der Waals surface area contributed by atoms with Crippen molar-refractivity contribution in [3.05, 3.63) is 41.5 Å². The minimum absolute atomic E-state index is 0.225. The summed E-state index contributed by atoms with van der Waals surface area (Å²) in [6, 6.07) is 7.34. The highest BCUT2D eigenvalue weighted by atomic mass is 19.1. The van der Waals surface area contributed by atoms with E-state index in [1.165, 1.54) is 0 Å². The maximum Gasteiger partial charge on any atom is 0.131 e. The zero-order valence-corrected chi connectivity index (χ0v) is 14.5. The summed E-state index contributed by atoms with van der Waals surface area (Å²) in [5, 5.41) is 12.1. The molecule has 1 N–H and O–H groups in total. The van der Waals surface area contributed by atoms with E-state index in [0.717, 1.165) is 11.5 Å². The van der Waals surface area contributed by atoms with Gasteiger partial charge in [-0.2, -0.15) is 5.26 Å². The van der Waals surface area contributed by atoms with Gasteiger partial charge < -0.3 is 10.2 Å². The number of hydrogen-bond donors (Lipinski definition) is 1. The van der Waals surface area contributed by atoms with Crippen molar-refractivity contribution in [3.8, 4) is 6.07 Å². The Balaban J connectivity index is 1.59. The fourth-order valence-corrected chi connectivity index (χ4v) is 3.03. The largest absolute Gasteiger partial charge is 0.367 e. The van der Waals surface area contributed by atoms with Gasteiger partial charge in [-0.05, 0) is 26.0 Å². The van der Waals surface area contributed by atoms with Gasteiger partial charge in [0.2, 0.25) is 0 Å². The third-order valence-electron chi connectivity index (χ3n) is 4.41. The lowest BCUT2D eigenvalue weighted by atomic mass is 9.93. The lowest BCUT2D eigenvalue weighted by molar-refractivity contribution is 0.140. The molecule has 0 unspecified atom stereocenters. The van der Waals surface area contributed by atoms with Crippen LogP contribution < -0.4 is 10.2 Å². The quantitative estimate of drug-likeness (QED) is 0.922. The molecule has 2 aromatic heterocycles. The lowest BCUT2D eigenvalue weighted by Gasteiger charge is -2.37. The van der Waals surface area contributed by atoms with Crippen molar-refractivity contribution in [2.45, 2.75) is 32.4 Å². The Bertz CT molecular complexity index is 772. The van der Waals surface area contributed by atoms with Gasteiger partial charge >= 0.3 is 0 Å². The molecule has 1 aliphatic heterocycles. The first-order chi connectivity index (χ1) is 12.0. The fourth-order valence-electron chi connectivity index (χ4n) is 3.03. The molecular formula is C18H21FN6. The molecule has 0 spiro atoms. The summed E-state index contributed by atoms with van der Waals surface area (Å²) in [6.45, 7) is 5.09. The van der Waals surface area contributed by atoms with Gasteiger partial charge in [0.1, 0.15) is 23.1 Å². The molecule has 130 valence electrons. The summed E-state index contributed by atoms with van der Waals surface area (Å²) in [7, 11) is 0. The first-order valence-corrected chi connectivity index (χ1v) is 8.34. The maximum absolute atomic E-state index is 15.1. The van der Waals surface area contributed by atoms with Crippen LogP contribution >= 0.6 is 0 Å². The predicted molar refractivity (Wildman–Crippen MR) is 94.2 cm³/mol. The van der Waals surface area contributed by atoms with E-state index in [1.807, 2.05) is 24.8 Å². The van der Waals surface area contributed by atoms with Crippen LogP contribution in [0.5, 0.6) is 0 Å². The van der Waals surface area contributed by atoms with Crippen LogP contribution in [-0.2, 0) is 0 Å². The Kier molecular flexibility index (Phi) is 4.79. The number of piperidine rings is 1. The Morgan fingerprint density at radius 1 is 1.28 bits per heavy atom. The topological polar surface area (TPSA) is 77.7 Å². The van der Waals surface area contributed by atoms with Crippen molar-refractivity contribution in [2.75, 3.05) is 29.9 Å². The molecule has 7 heteroatoms. The number of nitriles is 1. The van der Waals surface area contributed by atoms with Crippen molar-refractivity contribution in [3.63, 3.8) is 0 Å².